The average Bonchev–Trinajstić information content (AvgIpc) is 2.92. The van der Waals surface area contributed by atoms with Gasteiger partial charge >= 0.3 is 5.97 Å². The quantitative estimate of drug-likeness (QED) is 0.834. The van der Waals surface area contributed by atoms with Crippen molar-refractivity contribution < 1.29 is 14.7 Å². The van der Waals surface area contributed by atoms with Gasteiger partial charge < -0.3 is 15.3 Å². The first-order chi connectivity index (χ1) is 9.61. The average molecular weight is 277 g/mol. The molecular formula is C14H19N3O3. The van der Waals surface area contributed by atoms with Gasteiger partial charge in [0.15, 0.2) is 0 Å². The van der Waals surface area contributed by atoms with Gasteiger partial charge in [-0.1, -0.05) is 6.92 Å². The Hall–Kier alpha value is -1.95. The van der Waals surface area contributed by atoms with Crippen LogP contribution >= 0.6 is 0 Å². The third kappa shape index (κ3) is 3.33. The Balaban J connectivity index is 1.94. The molecule has 1 aromatic heterocycles. The number of likely N-dealkylation sites (tertiary alicyclic amines) is 1. The predicted molar refractivity (Wildman–Crippen MR) is 73.8 cm³/mol. The number of nitrogens with zero attached hydrogens (tertiary/aromatic N) is 2. The van der Waals surface area contributed by atoms with Gasteiger partial charge in [-0.2, -0.15) is 0 Å². The number of nitrogens with one attached hydrogen (secondary N) is 1. The Morgan fingerprint density at radius 2 is 2.35 bits per heavy atom. The Morgan fingerprint density at radius 1 is 1.55 bits per heavy atom. The van der Waals surface area contributed by atoms with Crippen LogP contribution < -0.4 is 5.32 Å². The number of rotatable bonds is 5. The second-order valence-electron chi connectivity index (χ2n) is 4.96. The maximum absolute atomic E-state index is 12.0. The minimum absolute atomic E-state index is 0.0228. The van der Waals surface area contributed by atoms with Gasteiger partial charge in [0.1, 0.15) is 5.69 Å². The normalized spacial score (nSPS) is 18.9. The van der Waals surface area contributed by atoms with Crippen LogP contribution in [0, 0.1) is 5.92 Å². The van der Waals surface area contributed by atoms with Crippen molar-refractivity contribution in [3.8, 4) is 0 Å². The summed E-state index contributed by atoms with van der Waals surface area (Å²) in [6.45, 7) is 5.73. The van der Waals surface area contributed by atoms with Crippen molar-refractivity contribution in [2.75, 3.05) is 26.2 Å². The van der Waals surface area contributed by atoms with E-state index in [9.17, 15) is 9.59 Å². The maximum atomic E-state index is 12.0. The summed E-state index contributed by atoms with van der Waals surface area (Å²) in [7, 11) is 0. The van der Waals surface area contributed by atoms with Crippen molar-refractivity contribution in [1.82, 2.24) is 15.2 Å². The second kappa shape index (κ2) is 6.47. The highest BCUT2D eigenvalue weighted by Crippen LogP contribution is 2.15. The van der Waals surface area contributed by atoms with Gasteiger partial charge in [0, 0.05) is 19.3 Å². The molecule has 0 spiro atoms. The monoisotopic (exact) mass is 277 g/mol. The van der Waals surface area contributed by atoms with E-state index in [-0.39, 0.29) is 11.3 Å². The summed E-state index contributed by atoms with van der Waals surface area (Å²) in [6.07, 6.45) is 2.48. The molecule has 1 atom stereocenters. The summed E-state index contributed by atoms with van der Waals surface area (Å²) < 4.78 is 0. The molecule has 1 saturated heterocycles. The maximum Gasteiger partial charge on any atom is 0.338 e. The molecule has 1 aliphatic heterocycles. The number of carboxylic acid groups (broad SMARTS) is 1. The number of carboxylic acids is 1. The molecular weight excluding hydrogens is 258 g/mol. The molecule has 6 heteroatoms. The molecule has 20 heavy (non-hydrogen) atoms. The lowest BCUT2D eigenvalue weighted by molar-refractivity contribution is 0.0690. The molecule has 0 radical (unpaired) electrons. The van der Waals surface area contributed by atoms with Crippen molar-refractivity contribution in [2.45, 2.75) is 13.3 Å². The van der Waals surface area contributed by atoms with E-state index in [0.717, 1.165) is 26.1 Å². The summed E-state index contributed by atoms with van der Waals surface area (Å²) in [4.78, 5) is 29.3. The topological polar surface area (TPSA) is 82.5 Å². The first kappa shape index (κ1) is 14.5. The number of carbonyl (C=O) groups is 2. The van der Waals surface area contributed by atoms with Crippen LogP contribution in [0.3, 0.4) is 0 Å². The van der Waals surface area contributed by atoms with Crippen molar-refractivity contribution in [3.63, 3.8) is 0 Å². The fourth-order valence-corrected chi connectivity index (χ4v) is 2.45. The Bertz CT molecular complexity index is 504. The van der Waals surface area contributed by atoms with Crippen LogP contribution in [-0.2, 0) is 0 Å². The van der Waals surface area contributed by atoms with E-state index in [1.165, 1.54) is 18.3 Å². The molecule has 2 heterocycles. The zero-order valence-electron chi connectivity index (χ0n) is 11.5. The number of hydrogen-bond acceptors (Lipinski definition) is 4. The molecule has 1 unspecified atom stereocenters. The Labute approximate surface area is 117 Å². The molecule has 0 saturated carbocycles. The van der Waals surface area contributed by atoms with Crippen molar-refractivity contribution in [3.05, 3.63) is 29.6 Å². The molecule has 2 rings (SSSR count). The minimum Gasteiger partial charge on any atom is -0.478 e. The highest BCUT2D eigenvalue weighted by atomic mass is 16.4. The van der Waals surface area contributed by atoms with Crippen LogP contribution in [0.5, 0.6) is 0 Å². The summed E-state index contributed by atoms with van der Waals surface area (Å²) in [5, 5.41) is 11.8. The van der Waals surface area contributed by atoms with Gasteiger partial charge in [0.05, 0.1) is 5.56 Å². The van der Waals surface area contributed by atoms with Gasteiger partial charge in [0.2, 0.25) is 0 Å². The highest BCUT2D eigenvalue weighted by molar-refractivity contribution is 6.03. The van der Waals surface area contributed by atoms with Gasteiger partial charge in [0.25, 0.3) is 5.91 Å². The van der Waals surface area contributed by atoms with E-state index in [4.69, 9.17) is 5.11 Å². The third-order valence-corrected chi connectivity index (χ3v) is 3.62. The van der Waals surface area contributed by atoms with E-state index in [1.54, 1.807) is 0 Å². The molecule has 1 aliphatic rings. The summed E-state index contributed by atoms with van der Waals surface area (Å²) in [5.74, 6) is -1.13. The fraction of sp³-hybridized carbons (Fsp3) is 0.500. The van der Waals surface area contributed by atoms with Crippen LogP contribution in [0.1, 0.15) is 34.2 Å². The molecule has 2 N–H and O–H groups in total. The number of amides is 1. The molecule has 1 fully saturated rings. The SMILES string of the molecule is CCN1CCC(CNC(=O)c2ncccc2C(=O)O)C1. The molecule has 1 aromatic rings. The van der Waals surface area contributed by atoms with Crippen LogP contribution in [0.15, 0.2) is 18.3 Å². The highest BCUT2D eigenvalue weighted by Gasteiger charge is 2.23. The van der Waals surface area contributed by atoms with Crippen molar-refractivity contribution in [2.24, 2.45) is 5.92 Å². The predicted octanol–water partition coefficient (Wildman–Crippen LogP) is 0.851. The van der Waals surface area contributed by atoms with E-state index < -0.39 is 11.9 Å². The fourth-order valence-electron chi connectivity index (χ4n) is 2.45. The number of hydrogen-bond donors (Lipinski definition) is 2. The van der Waals surface area contributed by atoms with Gasteiger partial charge in [-0.15, -0.1) is 0 Å². The largest absolute Gasteiger partial charge is 0.478 e. The van der Waals surface area contributed by atoms with Crippen LogP contribution in [0.4, 0.5) is 0 Å². The summed E-state index contributed by atoms with van der Waals surface area (Å²) in [6, 6.07) is 2.90. The first-order valence-corrected chi connectivity index (χ1v) is 6.80. The van der Waals surface area contributed by atoms with Crippen LogP contribution in [0.25, 0.3) is 0 Å². The lowest BCUT2D eigenvalue weighted by atomic mass is 10.1. The second-order valence-corrected chi connectivity index (χ2v) is 4.96. The number of pyridine rings is 1. The van der Waals surface area contributed by atoms with E-state index in [0.29, 0.717) is 12.5 Å². The third-order valence-electron chi connectivity index (χ3n) is 3.62. The first-order valence-electron chi connectivity index (χ1n) is 6.80. The lowest BCUT2D eigenvalue weighted by Crippen LogP contribution is -2.32. The summed E-state index contributed by atoms with van der Waals surface area (Å²) >= 11 is 0. The van der Waals surface area contributed by atoms with Gasteiger partial charge in [-0.25, -0.2) is 4.79 Å². The van der Waals surface area contributed by atoms with Gasteiger partial charge in [-0.05, 0) is 37.6 Å². The smallest absolute Gasteiger partial charge is 0.338 e. The van der Waals surface area contributed by atoms with E-state index in [1.807, 2.05) is 0 Å². The van der Waals surface area contributed by atoms with Gasteiger partial charge in [-0.3, -0.25) is 9.78 Å². The summed E-state index contributed by atoms with van der Waals surface area (Å²) in [5.41, 5.74) is -0.0862. The zero-order chi connectivity index (χ0) is 14.5. The molecule has 0 aliphatic carbocycles. The molecule has 1 amide bonds. The van der Waals surface area contributed by atoms with E-state index >= 15 is 0 Å². The molecule has 0 bridgehead atoms. The zero-order valence-corrected chi connectivity index (χ0v) is 11.5. The Kier molecular flexibility index (Phi) is 4.68. The van der Waals surface area contributed by atoms with Crippen LogP contribution in [-0.4, -0.2) is 53.0 Å². The standard InChI is InChI=1S/C14H19N3O3/c1-2-17-7-5-10(9-17)8-16-13(18)12-11(14(19)20)4-3-6-15-12/h3-4,6,10H,2,5,7-9H2,1H3,(H,16,18)(H,19,20). The number of aromatic carboxylic acids is 1. The minimum atomic E-state index is -1.14. The molecule has 6 nitrogen and oxygen atoms in total. The van der Waals surface area contributed by atoms with E-state index in [2.05, 4.69) is 22.1 Å². The van der Waals surface area contributed by atoms with Crippen molar-refractivity contribution >= 4 is 11.9 Å². The number of aromatic nitrogens is 1. The molecule has 108 valence electrons. The Morgan fingerprint density at radius 3 is 3.00 bits per heavy atom. The molecule has 0 aromatic carbocycles. The number of carbonyl (C=O) groups excluding carboxylic acids is 1. The lowest BCUT2D eigenvalue weighted by Gasteiger charge is -2.14. The van der Waals surface area contributed by atoms with Crippen LogP contribution in [0.2, 0.25) is 0 Å². The van der Waals surface area contributed by atoms with Crippen molar-refractivity contribution in [1.29, 1.82) is 0 Å².